The van der Waals surface area contributed by atoms with E-state index in [1.165, 1.54) is 0 Å². The van der Waals surface area contributed by atoms with Crippen LogP contribution in [0.4, 0.5) is 0 Å². The van der Waals surface area contributed by atoms with Gasteiger partial charge in [0.25, 0.3) is 0 Å². The van der Waals surface area contributed by atoms with Gasteiger partial charge in [0, 0.05) is 5.02 Å². The third kappa shape index (κ3) is 4.28. The van der Waals surface area contributed by atoms with Gasteiger partial charge in [-0.05, 0) is 47.5 Å². The van der Waals surface area contributed by atoms with Gasteiger partial charge in [-0.3, -0.25) is 0 Å². The second-order valence-corrected chi connectivity index (χ2v) is 5.32. The van der Waals surface area contributed by atoms with E-state index < -0.39 is 7.32 Å². The Morgan fingerprint density at radius 3 is 1.70 bits per heavy atom. The fourth-order valence-corrected chi connectivity index (χ4v) is 2.25. The number of halogens is 1. The molecule has 0 spiro atoms. The Hall–Kier alpha value is -2.43. The fourth-order valence-electron chi connectivity index (χ4n) is 2.13. The van der Waals surface area contributed by atoms with Gasteiger partial charge in [-0.25, -0.2) is 0 Å². The summed E-state index contributed by atoms with van der Waals surface area (Å²) in [6.07, 6.45) is 0. The van der Waals surface area contributed by atoms with Gasteiger partial charge in [-0.15, -0.1) is 0 Å². The van der Waals surface area contributed by atoms with Crippen LogP contribution in [0.2, 0.25) is 5.02 Å². The molecule has 0 aliphatic rings. The smallest absolute Gasteiger partial charge is 0.501 e. The minimum absolute atomic E-state index is 0.475. The third-order valence-electron chi connectivity index (χ3n) is 3.25. The monoisotopic (exact) mass is 324 g/mol. The molecular weight excluding hydrogens is 310 g/mol. The summed E-state index contributed by atoms with van der Waals surface area (Å²) in [5.41, 5.74) is 2.20. The van der Waals surface area contributed by atoms with Crippen molar-refractivity contribution in [2.45, 2.75) is 0 Å². The van der Waals surface area contributed by atoms with E-state index in [0.717, 1.165) is 11.1 Å². The Morgan fingerprint density at radius 2 is 1.13 bits per heavy atom. The lowest BCUT2D eigenvalue weighted by atomic mass is 10.1. The van der Waals surface area contributed by atoms with Gasteiger partial charge in [0.15, 0.2) is 0 Å². The summed E-state index contributed by atoms with van der Waals surface area (Å²) in [4.78, 5) is 0. The Balaban J connectivity index is 1.62. The highest BCUT2D eigenvalue weighted by Gasteiger charge is 2.21. The van der Waals surface area contributed by atoms with Crippen LogP contribution in [0.25, 0.3) is 11.1 Å². The molecular formula is C18H14BClO3. The van der Waals surface area contributed by atoms with Crippen molar-refractivity contribution in [2.24, 2.45) is 0 Å². The molecule has 0 amide bonds. The number of hydrogen-bond acceptors (Lipinski definition) is 3. The highest BCUT2D eigenvalue weighted by Crippen LogP contribution is 2.22. The van der Waals surface area contributed by atoms with E-state index in [1.807, 2.05) is 42.5 Å². The second-order valence-electron chi connectivity index (χ2n) is 4.89. The predicted octanol–water partition coefficient (Wildman–Crippen LogP) is 4.44. The van der Waals surface area contributed by atoms with Gasteiger partial charge in [0.1, 0.15) is 11.5 Å². The lowest BCUT2D eigenvalue weighted by Gasteiger charge is -2.11. The first-order chi connectivity index (χ1) is 11.2. The van der Waals surface area contributed by atoms with E-state index in [-0.39, 0.29) is 0 Å². The first-order valence-electron chi connectivity index (χ1n) is 7.13. The Labute approximate surface area is 140 Å². The molecule has 3 aromatic rings. The summed E-state index contributed by atoms with van der Waals surface area (Å²) >= 11 is 5.79. The summed E-state index contributed by atoms with van der Waals surface area (Å²) in [7, 11) is -1.39. The average Bonchev–Trinajstić information content (AvgIpc) is 2.58. The van der Waals surface area contributed by atoms with Crippen LogP contribution < -0.4 is 9.31 Å². The molecule has 3 nitrogen and oxygen atoms in total. The molecule has 0 saturated heterocycles. The summed E-state index contributed by atoms with van der Waals surface area (Å²) in [5, 5.41) is 10.4. The van der Waals surface area contributed by atoms with Gasteiger partial charge in [-0.2, -0.15) is 0 Å². The zero-order valence-electron chi connectivity index (χ0n) is 12.2. The Kier molecular flexibility index (Phi) is 4.86. The van der Waals surface area contributed by atoms with Crippen LogP contribution in [0.1, 0.15) is 0 Å². The largest absolute Gasteiger partial charge is 0.785 e. The van der Waals surface area contributed by atoms with Crippen LogP contribution in [0, 0.1) is 0 Å². The summed E-state index contributed by atoms with van der Waals surface area (Å²) in [6.45, 7) is 0. The maximum absolute atomic E-state index is 9.83. The molecule has 114 valence electrons. The Bertz CT molecular complexity index is 745. The molecule has 23 heavy (non-hydrogen) atoms. The van der Waals surface area contributed by atoms with E-state index in [1.54, 1.807) is 36.4 Å². The first-order valence-corrected chi connectivity index (χ1v) is 7.51. The molecule has 0 radical (unpaired) electrons. The first kappa shape index (κ1) is 15.5. The van der Waals surface area contributed by atoms with E-state index in [2.05, 4.69) is 0 Å². The van der Waals surface area contributed by atoms with Crippen molar-refractivity contribution >= 4 is 18.9 Å². The SMILES string of the molecule is OB(Oc1ccc(Cl)cc1)Oc1ccc(-c2ccccc2)cc1. The highest BCUT2D eigenvalue weighted by molar-refractivity contribution is 6.36. The molecule has 3 rings (SSSR count). The summed E-state index contributed by atoms with van der Waals surface area (Å²) in [5.74, 6) is 0.994. The molecule has 5 heteroatoms. The van der Waals surface area contributed by atoms with E-state index in [0.29, 0.717) is 16.5 Å². The molecule has 0 saturated carbocycles. The molecule has 3 aromatic carbocycles. The fraction of sp³-hybridized carbons (Fsp3) is 0. The highest BCUT2D eigenvalue weighted by atomic mass is 35.5. The predicted molar refractivity (Wildman–Crippen MR) is 92.6 cm³/mol. The van der Waals surface area contributed by atoms with Crippen molar-refractivity contribution in [3.05, 3.63) is 83.9 Å². The van der Waals surface area contributed by atoms with Crippen LogP contribution in [-0.4, -0.2) is 12.3 Å². The molecule has 0 unspecified atom stereocenters. The van der Waals surface area contributed by atoms with Crippen molar-refractivity contribution in [3.8, 4) is 22.6 Å². The normalized spacial score (nSPS) is 10.2. The number of hydrogen-bond donors (Lipinski definition) is 1. The molecule has 0 bridgehead atoms. The van der Waals surface area contributed by atoms with Crippen molar-refractivity contribution in [1.82, 2.24) is 0 Å². The molecule has 1 N–H and O–H groups in total. The van der Waals surface area contributed by atoms with Crippen LogP contribution in [-0.2, 0) is 0 Å². The van der Waals surface area contributed by atoms with Gasteiger partial charge in [-0.1, -0.05) is 54.1 Å². The lowest BCUT2D eigenvalue weighted by molar-refractivity contribution is 0.298. The topological polar surface area (TPSA) is 38.7 Å². The summed E-state index contributed by atoms with van der Waals surface area (Å²) in [6, 6.07) is 24.1. The zero-order valence-corrected chi connectivity index (χ0v) is 13.0. The molecule has 0 heterocycles. The van der Waals surface area contributed by atoms with Gasteiger partial charge < -0.3 is 14.3 Å². The van der Waals surface area contributed by atoms with Crippen molar-refractivity contribution in [2.75, 3.05) is 0 Å². The van der Waals surface area contributed by atoms with Gasteiger partial charge in [0.2, 0.25) is 0 Å². The number of benzene rings is 3. The van der Waals surface area contributed by atoms with Crippen LogP contribution in [0.5, 0.6) is 11.5 Å². The lowest BCUT2D eigenvalue weighted by Crippen LogP contribution is -2.29. The van der Waals surface area contributed by atoms with Gasteiger partial charge >= 0.3 is 7.32 Å². The maximum Gasteiger partial charge on any atom is 0.785 e. The average molecular weight is 325 g/mol. The molecule has 0 fully saturated rings. The summed E-state index contributed by atoms with van der Waals surface area (Å²) < 4.78 is 10.6. The second kappa shape index (κ2) is 7.22. The van der Waals surface area contributed by atoms with Crippen LogP contribution in [0.15, 0.2) is 78.9 Å². The van der Waals surface area contributed by atoms with Crippen molar-refractivity contribution in [3.63, 3.8) is 0 Å². The zero-order chi connectivity index (χ0) is 16.1. The van der Waals surface area contributed by atoms with E-state index >= 15 is 0 Å². The van der Waals surface area contributed by atoms with Gasteiger partial charge in [0.05, 0.1) is 0 Å². The minimum Gasteiger partial charge on any atom is -0.501 e. The molecule has 0 aliphatic heterocycles. The standard InChI is InChI=1S/C18H14BClO3/c20-16-8-12-18(13-9-16)23-19(21)22-17-10-6-15(7-11-17)14-4-2-1-3-5-14/h1-13,21H. The maximum atomic E-state index is 9.83. The third-order valence-corrected chi connectivity index (χ3v) is 3.50. The molecule has 0 aliphatic carbocycles. The molecule has 0 aromatic heterocycles. The van der Waals surface area contributed by atoms with Crippen molar-refractivity contribution < 1.29 is 14.3 Å². The van der Waals surface area contributed by atoms with Crippen LogP contribution in [0.3, 0.4) is 0 Å². The number of rotatable bonds is 5. The van der Waals surface area contributed by atoms with E-state index in [9.17, 15) is 5.02 Å². The van der Waals surface area contributed by atoms with Crippen molar-refractivity contribution in [1.29, 1.82) is 0 Å². The van der Waals surface area contributed by atoms with E-state index in [4.69, 9.17) is 20.9 Å². The molecule has 0 atom stereocenters. The minimum atomic E-state index is -1.39. The van der Waals surface area contributed by atoms with Crippen LogP contribution >= 0.6 is 11.6 Å². The quantitative estimate of drug-likeness (QED) is 0.705. The Morgan fingerprint density at radius 1 is 0.652 bits per heavy atom.